The topological polar surface area (TPSA) is 0 Å². The lowest BCUT2D eigenvalue weighted by Gasteiger charge is -2.30. The van der Waals surface area contributed by atoms with Gasteiger partial charge in [0.05, 0.1) is 0 Å². The van der Waals surface area contributed by atoms with Crippen molar-refractivity contribution in [2.45, 2.75) is 32.1 Å². The average molecular weight is 383 g/mol. The van der Waals surface area contributed by atoms with Crippen LogP contribution < -0.4 is 0 Å². The van der Waals surface area contributed by atoms with Gasteiger partial charge in [-0.05, 0) is 75.9 Å². The van der Waals surface area contributed by atoms with Crippen LogP contribution in [0.3, 0.4) is 0 Å². The molecule has 0 radical (unpaired) electrons. The Kier molecular flexibility index (Phi) is 3.38. The monoisotopic (exact) mass is 382 g/mol. The lowest BCUT2D eigenvalue weighted by atomic mass is 9.74. The van der Waals surface area contributed by atoms with E-state index in [2.05, 4.69) is 66.8 Å². The van der Waals surface area contributed by atoms with Gasteiger partial charge in [-0.2, -0.15) is 0 Å². The minimum Gasteiger partial charge on any atom is -0.0843 e. The molecule has 2 aromatic rings. The van der Waals surface area contributed by atoms with Crippen molar-refractivity contribution in [3.8, 4) is 11.1 Å². The van der Waals surface area contributed by atoms with Gasteiger partial charge >= 0.3 is 0 Å². The van der Waals surface area contributed by atoms with Crippen molar-refractivity contribution in [1.29, 1.82) is 0 Å². The van der Waals surface area contributed by atoms with E-state index in [1.165, 1.54) is 25.8 Å². The van der Waals surface area contributed by atoms with Gasteiger partial charge in [0.2, 0.25) is 0 Å². The van der Waals surface area contributed by atoms with Crippen molar-refractivity contribution < 1.29 is 0 Å². The summed E-state index contributed by atoms with van der Waals surface area (Å²) in [7, 11) is 0. The molecule has 0 fully saturated rings. The SMILES string of the molecule is CCC1(CC)c2cc(Cl)ccc2-c2cccc(I)c21. The van der Waals surface area contributed by atoms with Gasteiger partial charge in [-0.25, -0.2) is 0 Å². The van der Waals surface area contributed by atoms with E-state index in [0.29, 0.717) is 0 Å². The molecule has 19 heavy (non-hydrogen) atoms. The number of hydrogen-bond acceptors (Lipinski definition) is 0. The van der Waals surface area contributed by atoms with Gasteiger partial charge in [0.25, 0.3) is 0 Å². The van der Waals surface area contributed by atoms with Gasteiger partial charge in [-0.15, -0.1) is 0 Å². The molecule has 0 aliphatic heterocycles. The highest BCUT2D eigenvalue weighted by molar-refractivity contribution is 14.1. The van der Waals surface area contributed by atoms with E-state index >= 15 is 0 Å². The Bertz CT molecular complexity index is 642. The first kappa shape index (κ1) is 13.4. The summed E-state index contributed by atoms with van der Waals surface area (Å²) in [5, 5.41) is 0.841. The van der Waals surface area contributed by atoms with Crippen LogP contribution >= 0.6 is 34.2 Å². The maximum Gasteiger partial charge on any atom is 0.0409 e. The molecule has 1 aliphatic rings. The maximum absolute atomic E-state index is 6.25. The largest absolute Gasteiger partial charge is 0.0843 e. The molecule has 0 nitrogen and oxygen atoms in total. The third-order valence-electron chi connectivity index (χ3n) is 4.49. The summed E-state index contributed by atoms with van der Waals surface area (Å²) in [6, 6.07) is 13.0. The van der Waals surface area contributed by atoms with Crippen molar-refractivity contribution in [2.24, 2.45) is 0 Å². The molecule has 0 amide bonds. The van der Waals surface area contributed by atoms with E-state index in [4.69, 9.17) is 11.6 Å². The summed E-state index contributed by atoms with van der Waals surface area (Å²) in [6.45, 7) is 4.57. The van der Waals surface area contributed by atoms with E-state index in [-0.39, 0.29) is 5.41 Å². The second kappa shape index (κ2) is 4.78. The molecular formula is C17H16ClI. The summed E-state index contributed by atoms with van der Waals surface area (Å²) in [4.78, 5) is 0. The van der Waals surface area contributed by atoms with Crippen LogP contribution in [0.5, 0.6) is 0 Å². The van der Waals surface area contributed by atoms with E-state index in [9.17, 15) is 0 Å². The highest BCUT2D eigenvalue weighted by atomic mass is 127. The zero-order chi connectivity index (χ0) is 13.6. The standard InChI is InChI=1S/C17H16ClI/c1-3-17(4-2)14-10-11(18)8-9-12(14)13-6-5-7-15(19)16(13)17/h5-10H,3-4H2,1-2H3. The molecule has 98 valence electrons. The van der Waals surface area contributed by atoms with Gasteiger partial charge < -0.3 is 0 Å². The molecule has 2 aromatic carbocycles. The summed E-state index contributed by atoms with van der Waals surface area (Å²) >= 11 is 8.72. The molecule has 0 saturated heterocycles. The number of halogens is 2. The van der Waals surface area contributed by atoms with Crippen molar-refractivity contribution >= 4 is 34.2 Å². The number of fused-ring (bicyclic) bond motifs is 3. The van der Waals surface area contributed by atoms with Gasteiger partial charge in [-0.3, -0.25) is 0 Å². The maximum atomic E-state index is 6.25. The lowest BCUT2D eigenvalue weighted by molar-refractivity contribution is 0.488. The van der Waals surface area contributed by atoms with Gasteiger partial charge in [0, 0.05) is 14.0 Å². The zero-order valence-corrected chi connectivity index (χ0v) is 14.0. The van der Waals surface area contributed by atoms with Gasteiger partial charge in [0.15, 0.2) is 0 Å². The van der Waals surface area contributed by atoms with Crippen molar-refractivity contribution in [1.82, 2.24) is 0 Å². The lowest BCUT2D eigenvalue weighted by Crippen LogP contribution is -2.24. The van der Waals surface area contributed by atoms with Crippen LogP contribution in [0.25, 0.3) is 11.1 Å². The Balaban J connectivity index is 2.42. The molecule has 0 N–H and O–H groups in total. The molecule has 0 saturated carbocycles. The summed E-state index contributed by atoms with van der Waals surface area (Å²) in [6.07, 6.45) is 2.23. The van der Waals surface area contributed by atoms with Gasteiger partial charge in [0.1, 0.15) is 0 Å². The smallest absolute Gasteiger partial charge is 0.0409 e. The minimum atomic E-state index is 0.132. The first-order chi connectivity index (χ1) is 9.14. The zero-order valence-electron chi connectivity index (χ0n) is 11.1. The van der Waals surface area contributed by atoms with Crippen molar-refractivity contribution in [2.75, 3.05) is 0 Å². The Morgan fingerprint density at radius 1 is 1.05 bits per heavy atom. The predicted octanol–water partition coefficient (Wildman–Crippen LogP) is 6.03. The number of rotatable bonds is 2. The highest BCUT2D eigenvalue weighted by Crippen LogP contribution is 2.54. The van der Waals surface area contributed by atoms with Crippen molar-refractivity contribution in [3.05, 3.63) is 56.1 Å². The molecule has 0 bridgehead atoms. The minimum absolute atomic E-state index is 0.132. The molecule has 0 spiro atoms. The third kappa shape index (κ3) is 1.78. The first-order valence-corrected chi connectivity index (χ1v) is 8.19. The van der Waals surface area contributed by atoms with Crippen LogP contribution in [-0.2, 0) is 5.41 Å². The fraction of sp³-hybridized carbons (Fsp3) is 0.294. The normalized spacial score (nSPS) is 15.2. The third-order valence-corrected chi connectivity index (χ3v) is 5.62. The Morgan fingerprint density at radius 3 is 2.47 bits per heavy atom. The van der Waals surface area contributed by atoms with Gasteiger partial charge in [-0.1, -0.05) is 43.6 Å². The molecule has 0 unspecified atom stereocenters. The van der Waals surface area contributed by atoms with Crippen LogP contribution in [0.15, 0.2) is 36.4 Å². The van der Waals surface area contributed by atoms with Crippen LogP contribution in [0.2, 0.25) is 5.02 Å². The molecule has 2 heteroatoms. The molecule has 0 atom stereocenters. The Hall–Kier alpha value is -0.540. The van der Waals surface area contributed by atoms with Crippen molar-refractivity contribution in [3.63, 3.8) is 0 Å². The van der Waals surface area contributed by atoms with E-state index in [1.54, 1.807) is 0 Å². The van der Waals surface area contributed by atoms with Crippen LogP contribution in [0.4, 0.5) is 0 Å². The molecular weight excluding hydrogens is 367 g/mol. The molecule has 0 aromatic heterocycles. The summed E-state index contributed by atoms with van der Waals surface area (Å²) < 4.78 is 1.37. The number of benzene rings is 2. The Morgan fingerprint density at radius 2 is 1.79 bits per heavy atom. The van der Waals surface area contributed by atoms with E-state index in [1.807, 2.05) is 6.07 Å². The fourth-order valence-electron chi connectivity index (χ4n) is 3.50. The fourth-order valence-corrected chi connectivity index (χ4v) is 4.69. The first-order valence-electron chi connectivity index (χ1n) is 6.73. The van der Waals surface area contributed by atoms with Crippen LogP contribution in [0, 0.1) is 3.57 Å². The van der Waals surface area contributed by atoms with Crippen LogP contribution in [-0.4, -0.2) is 0 Å². The van der Waals surface area contributed by atoms with E-state index < -0.39 is 0 Å². The predicted molar refractivity (Wildman–Crippen MR) is 91.0 cm³/mol. The second-order valence-corrected chi connectivity index (χ2v) is 6.74. The summed E-state index contributed by atoms with van der Waals surface area (Å²) in [5.74, 6) is 0. The molecule has 1 aliphatic carbocycles. The average Bonchev–Trinajstić information content (AvgIpc) is 2.70. The molecule has 0 heterocycles. The quantitative estimate of drug-likeness (QED) is 0.556. The highest BCUT2D eigenvalue weighted by Gasteiger charge is 2.41. The second-order valence-electron chi connectivity index (χ2n) is 5.14. The van der Waals surface area contributed by atoms with E-state index in [0.717, 1.165) is 17.9 Å². The number of hydrogen-bond donors (Lipinski definition) is 0. The molecule has 3 rings (SSSR count). The summed E-state index contributed by atoms with van der Waals surface area (Å²) in [5.41, 5.74) is 5.79. The Labute approximate surface area is 133 Å². The van der Waals surface area contributed by atoms with Crippen LogP contribution in [0.1, 0.15) is 37.8 Å².